The highest BCUT2D eigenvalue weighted by atomic mass is 14.7. The molecule has 0 saturated heterocycles. The molecule has 0 saturated carbocycles. The Bertz CT molecular complexity index is 724. The molecule has 3 aromatic rings. The van der Waals surface area contributed by atoms with E-state index in [1.54, 1.807) is 0 Å². The summed E-state index contributed by atoms with van der Waals surface area (Å²) in [7, 11) is 0. The maximum atomic E-state index is 6.52. The summed E-state index contributed by atoms with van der Waals surface area (Å²) in [5.74, 6) is 0. The van der Waals surface area contributed by atoms with Crippen molar-refractivity contribution in [1.29, 1.82) is 0 Å². The van der Waals surface area contributed by atoms with Crippen molar-refractivity contribution in [3.05, 3.63) is 90.3 Å². The van der Waals surface area contributed by atoms with E-state index in [0.717, 1.165) is 6.42 Å². The molecule has 0 aliphatic rings. The van der Waals surface area contributed by atoms with E-state index in [-0.39, 0.29) is 5.54 Å². The average molecular weight is 274 g/mol. The van der Waals surface area contributed by atoms with Gasteiger partial charge in [0.2, 0.25) is 0 Å². The second-order valence-corrected chi connectivity index (χ2v) is 5.88. The van der Waals surface area contributed by atoms with Crippen molar-refractivity contribution in [3.63, 3.8) is 0 Å². The van der Waals surface area contributed by atoms with E-state index in [1.807, 2.05) is 6.07 Å². The van der Waals surface area contributed by atoms with Crippen LogP contribution < -0.4 is 5.73 Å². The molecule has 0 aliphatic heterocycles. The number of hydrogen-bond acceptors (Lipinski definition) is 1. The minimum absolute atomic E-state index is 0.370. The van der Waals surface area contributed by atoms with Gasteiger partial charge in [0, 0.05) is 12.0 Å². The summed E-state index contributed by atoms with van der Waals surface area (Å²) < 4.78 is 0. The first-order valence-electron chi connectivity index (χ1n) is 7.31. The van der Waals surface area contributed by atoms with Crippen LogP contribution in [0.4, 0.5) is 0 Å². The van der Waals surface area contributed by atoms with Gasteiger partial charge < -0.3 is 5.73 Å². The van der Waals surface area contributed by atoms with Crippen molar-refractivity contribution in [2.24, 2.45) is 5.73 Å². The first-order chi connectivity index (χ1) is 10.1. The fraction of sp³-hybridized carbons (Fsp3) is 0.150. The van der Waals surface area contributed by atoms with Gasteiger partial charge in [0.25, 0.3) is 0 Å². The van der Waals surface area contributed by atoms with Gasteiger partial charge in [-0.15, -0.1) is 0 Å². The van der Waals surface area contributed by atoms with Gasteiger partial charge in [0.05, 0.1) is 0 Å². The van der Waals surface area contributed by atoms with E-state index < -0.39 is 0 Å². The molecule has 2 N–H and O–H groups in total. The van der Waals surface area contributed by atoms with Crippen LogP contribution in [0.15, 0.2) is 72.8 Å². The van der Waals surface area contributed by atoms with Crippen LogP contribution in [0, 0.1) is 6.42 Å². The van der Waals surface area contributed by atoms with Crippen LogP contribution >= 0.6 is 0 Å². The van der Waals surface area contributed by atoms with Gasteiger partial charge in [-0.3, -0.25) is 0 Å². The third-order valence-electron chi connectivity index (χ3n) is 3.74. The van der Waals surface area contributed by atoms with Crippen LogP contribution in [0.25, 0.3) is 10.8 Å². The summed E-state index contributed by atoms with van der Waals surface area (Å²) in [6.07, 6.45) is 3.01. The molecular formula is C20H20N. The summed E-state index contributed by atoms with van der Waals surface area (Å²) in [4.78, 5) is 0. The lowest BCUT2D eigenvalue weighted by Gasteiger charge is -2.25. The average Bonchev–Trinajstić information content (AvgIpc) is 2.48. The van der Waals surface area contributed by atoms with Crippen molar-refractivity contribution < 1.29 is 0 Å². The Kier molecular flexibility index (Phi) is 3.76. The largest absolute Gasteiger partial charge is 0.324 e. The molecule has 0 amide bonds. The highest BCUT2D eigenvalue weighted by Gasteiger charge is 2.21. The molecule has 3 rings (SSSR count). The van der Waals surface area contributed by atoms with Gasteiger partial charge in [-0.2, -0.15) is 0 Å². The third-order valence-corrected chi connectivity index (χ3v) is 3.74. The molecular weight excluding hydrogens is 254 g/mol. The molecule has 1 heteroatoms. The highest BCUT2D eigenvalue weighted by molar-refractivity contribution is 5.86. The number of hydrogen-bond donors (Lipinski definition) is 1. The van der Waals surface area contributed by atoms with E-state index in [1.165, 1.54) is 21.9 Å². The molecule has 0 fully saturated rings. The summed E-state index contributed by atoms with van der Waals surface area (Å²) in [5, 5.41) is 2.51. The predicted molar refractivity (Wildman–Crippen MR) is 90.1 cm³/mol. The monoisotopic (exact) mass is 274 g/mol. The molecule has 0 spiro atoms. The number of benzene rings is 3. The van der Waals surface area contributed by atoms with Crippen molar-refractivity contribution in [2.75, 3.05) is 0 Å². The SMILES string of the molecule is CC(N)([CH]c1cccc2ccccc12)Cc1ccccc1. The maximum absolute atomic E-state index is 6.52. The zero-order valence-corrected chi connectivity index (χ0v) is 12.3. The Balaban J connectivity index is 1.87. The van der Waals surface area contributed by atoms with Gasteiger partial charge >= 0.3 is 0 Å². The van der Waals surface area contributed by atoms with Crippen LogP contribution in [-0.4, -0.2) is 5.54 Å². The Hall–Kier alpha value is -2.12. The Labute approximate surface area is 126 Å². The number of nitrogens with two attached hydrogens (primary N) is 1. The predicted octanol–water partition coefficient (Wildman–Crippen LogP) is 4.35. The standard InChI is InChI=1S/C20H20N/c1-20(21,14-16-8-3-2-4-9-16)15-18-12-7-11-17-10-5-6-13-19(17)18/h2-13,15H,14,21H2,1H3. The minimum Gasteiger partial charge on any atom is -0.324 e. The van der Waals surface area contributed by atoms with Gasteiger partial charge in [-0.25, -0.2) is 0 Å². The van der Waals surface area contributed by atoms with E-state index >= 15 is 0 Å². The first-order valence-corrected chi connectivity index (χ1v) is 7.31. The smallest absolute Gasteiger partial charge is 0.0242 e. The van der Waals surface area contributed by atoms with E-state index in [4.69, 9.17) is 5.73 Å². The van der Waals surface area contributed by atoms with Crippen molar-refractivity contribution >= 4 is 10.8 Å². The highest BCUT2D eigenvalue weighted by Crippen LogP contribution is 2.25. The van der Waals surface area contributed by atoms with Crippen LogP contribution in [0.2, 0.25) is 0 Å². The second-order valence-electron chi connectivity index (χ2n) is 5.88. The molecule has 1 unspecified atom stereocenters. The lowest BCUT2D eigenvalue weighted by atomic mass is 9.86. The molecule has 0 aliphatic carbocycles. The van der Waals surface area contributed by atoms with Crippen LogP contribution in [-0.2, 0) is 6.42 Å². The molecule has 1 nitrogen and oxygen atoms in total. The van der Waals surface area contributed by atoms with E-state index in [2.05, 4.69) is 80.1 Å². The van der Waals surface area contributed by atoms with Crippen molar-refractivity contribution in [1.82, 2.24) is 0 Å². The summed E-state index contributed by atoms with van der Waals surface area (Å²) in [5.41, 5.74) is 8.61. The van der Waals surface area contributed by atoms with Crippen LogP contribution in [0.5, 0.6) is 0 Å². The minimum atomic E-state index is -0.370. The second kappa shape index (κ2) is 5.71. The number of fused-ring (bicyclic) bond motifs is 1. The third kappa shape index (κ3) is 3.32. The molecule has 1 atom stereocenters. The molecule has 21 heavy (non-hydrogen) atoms. The topological polar surface area (TPSA) is 26.0 Å². The van der Waals surface area contributed by atoms with E-state index in [0.29, 0.717) is 0 Å². The number of rotatable bonds is 4. The fourth-order valence-corrected chi connectivity index (χ4v) is 2.82. The molecule has 3 aromatic carbocycles. The van der Waals surface area contributed by atoms with Crippen LogP contribution in [0.3, 0.4) is 0 Å². The molecule has 0 heterocycles. The van der Waals surface area contributed by atoms with Crippen molar-refractivity contribution in [2.45, 2.75) is 18.9 Å². The normalized spacial score (nSPS) is 14.0. The first kappa shape index (κ1) is 13.8. The fourth-order valence-electron chi connectivity index (χ4n) is 2.82. The van der Waals surface area contributed by atoms with Crippen LogP contribution in [0.1, 0.15) is 18.1 Å². The Morgan fingerprint density at radius 3 is 2.33 bits per heavy atom. The zero-order valence-electron chi connectivity index (χ0n) is 12.3. The lowest BCUT2D eigenvalue weighted by Crippen LogP contribution is -2.39. The van der Waals surface area contributed by atoms with Gasteiger partial charge in [-0.1, -0.05) is 72.8 Å². The van der Waals surface area contributed by atoms with Gasteiger partial charge in [0.15, 0.2) is 0 Å². The molecule has 0 aromatic heterocycles. The molecule has 1 radical (unpaired) electrons. The maximum Gasteiger partial charge on any atom is 0.0242 e. The Morgan fingerprint density at radius 1 is 0.857 bits per heavy atom. The lowest BCUT2D eigenvalue weighted by molar-refractivity contribution is 0.549. The Morgan fingerprint density at radius 2 is 1.52 bits per heavy atom. The summed E-state index contributed by atoms with van der Waals surface area (Å²) in [6.45, 7) is 2.09. The summed E-state index contributed by atoms with van der Waals surface area (Å²) in [6, 6.07) is 25.2. The zero-order chi connectivity index (χ0) is 14.7. The van der Waals surface area contributed by atoms with Gasteiger partial charge in [0.1, 0.15) is 0 Å². The summed E-state index contributed by atoms with van der Waals surface area (Å²) >= 11 is 0. The van der Waals surface area contributed by atoms with Gasteiger partial charge in [-0.05, 0) is 35.2 Å². The molecule has 105 valence electrons. The molecule has 0 bridgehead atoms. The quantitative estimate of drug-likeness (QED) is 0.752. The van der Waals surface area contributed by atoms with Crippen molar-refractivity contribution in [3.8, 4) is 0 Å². The van der Waals surface area contributed by atoms with E-state index in [9.17, 15) is 0 Å².